The van der Waals surface area contributed by atoms with E-state index in [1.54, 1.807) is 19.2 Å². The standard InChI is InChI=1S/C22H26NO5.HI/c1-23(2)9-8-14-10-20-22(28-13-27-20)16(12-24)21(14)17(23)11-18(25)15-6-4-5-7-19(15)26-3;/h4-7,10,17,24H,8-9,11-13H2,1-3H3;1H/q+1;/p-1. The van der Waals surface area contributed by atoms with Crippen molar-refractivity contribution in [2.24, 2.45) is 0 Å². The lowest BCUT2D eigenvalue weighted by molar-refractivity contribution is -0.922. The number of hydrogen-bond acceptors (Lipinski definition) is 5. The van der Waals surface area contributed by atoms with Crippen LogP contribution in [0.25, 0.3) is 0 Å². The first kappa shape index (κ1) is 21.9. The second-order valence-electron chi connectivity index (χ2n) is 7.92. The maximum absolute atomic E-state index is 13.2. The van der Waals surface area contributed by atoms with Crippen molar-refractivity contribution >= 4 is 5.78 Å². The molecular weight excluding hydrogens is 485 g/mol. The fourth-order valence-corrected chi connectivity index (χ4v) is 4.39. The third kappa shape index (κ3) is 3.83. The molecule has 29 heavy (non-hydrogen) atoms. The van der Waals surface area contributed by atoms with Crippen LogP contribution < -0.4 is 38.2 Å². The smallest absolute Gasteiger partial charge is 0.231 e. The highest BCUT2D eigenvalue weighted by Gasteiger charge is 2.41. The van der Waals surface area contributed by atoms with E-state index in [1.807, 2.05) is 18.2 Å². The summed E-state index contributed by atoms with van der Waals surface area (Å²) in [5.74, 6) is 1.91. The van der Waals surface area contributed by atoms with Gasteiger partial charge in [-0.15, -0.1) is 0 Å². The molecule has 0 saturated heterocycles. The summed E-state index contributed by atoms with van der Waals surface area (Å²) >= 11 is 0. The van der Waals surface area contributed by atoms with E-state index in [0.29, 0.717) is 33.7 Å². The topological polar surface area (TPSA) is 65.0 Å². The van der Waals surface area contributed by atoms with Gasteiger partial charge in [0.15, 0.2) is 17.3 Å². The van der Waals surface area contributed by atoms with Gasteiger partial charge in [0.2, 0.25) is 6.79 Å². The molecule has 7 heteroatoms. The summed E-state index contributed by atoms with van der Waals surface area (Å²) in [7, 11) is 5.84. The van der Waals surface area contributed by atoms with Crippen LogP contribution in [0.3, 0.4) is 0 Å². The molecule has 2 aromatic rings. The van der Waals surface area contributed by atoms with Crippen molar-refractivity contribution in [3.05, 3.63) is 52.6 Å². The van der Waals surface area contributed by atoms with Crippen molar-refractivity contribution in [3.8, 4) is 17.2 Å². The number of quaternary nitrogens is 1. The predicted molar refractivity (Wildman–Crippen MR) is 104 cm³/mol. The molecule has 0 saturated carbocycles. The van der Waals surface area contributed by atoms with Gasteiger partial charge in [-0.1, -0.05) is 12.1 Å². The number of aliphatic hydroxyl groups excluding tert-OH is 1. The van der Waals surface area contributed by atoms with E-state index >= 15 is 0 Å². The van der Waals surface area contributed by atoms with Gasteiger partial charge in [-0.05, 0) is 23.8 Å². The molecule has 1 N–H and O–H groups in total. The van der Waals surface area contributed by atoms with E-state index in [2.05, 4.69) is 14.1 Å². The minimum Gasteiger partial charge on any atom is -1.00 e. The molecule has 1 unspecified atom stereocenters. The maximum Gasteiger partial charge on any atom is 0.231 e. The van der Waals surface area contributed by atoms with Crippen LogP contribution >= 0.6 is 0 Å². The minimum absolute atomic E-state index is 0. The number of carbonyl (C=O) groups excluding carboxylic acids is 1. The average Bonchev–Trinajstić information content (AvgIpc) is 3.16. The molecule has 0 bridgehead atoms. The summed E-state index contributed by atoms with van der Waals surface area (Å²) in [5.41, 5.74) is 3.48. The first-order chi connectivity index (χ1) is 13.5. The number of likely N-dealkylation sites (N-methyl/N-ethyl adjacent to an activating group) is 1. The first-order valence-corrected chi connectivity index (χ1v) is 9.50. The van der Waals surface area contributed by atoms with Gasteiger partial charge in [-0.25, -0.2) is 0 Å². The number of Topliss-reactive ketones (excluding diaryl/α,β-unsaturated/α-hetero) is 1. The van der Waals surface area contributed by atoms with Crippen LogP contribution in [-0.4, -0.2) is 49.9 Å². The van der Waals surface area contributed by atoms with Crippen LogP contribution in [0.4, 0.5) is 0 Å². The highest BCUT2D eigenvalue weighted by atomic mass is 127. The largest absolute Gasteiger partial charge is 1.00 e. The number of aliphatic hydroxyl groups is 1. The van der Waals surface area contributed by atoms with E-state index in [9.17, 15) is 9.90 Å². The molecule has 0 amide bonds. The molecular formula is C22H26INO5. The number of fused-ring (bicyclic) bond motifs is 2. The number of halogens is 1. The molecule has 2 heterocycles. The van der Waals surface area contributed by atoms with Crippen LogP contribution in [0, 0.1) is 0 Å². The normalized spacial score (nSPS) is 18.6. The lowest BCUT2D eigenvalue weighted by atomic mass is 9.83. The number of hydrogen-bond donors (Lipinski definition) is 1. The fourth-order valence-electron chi connectivity index (χ4n) is 4.39. The summed E-state index contributed by atoms with van der Waals surface area (Å²) < 4.78 is 17.2. The van der Waals surface area contributed by atoms with Gasteiger partial charge in [0.25, 0.3) is 0 Å². The lowest BCUT2D eigenvalue weighted by Gasteiger charge is -2.43. The van der Waals surface area contributed by atoms with Gasteiger partial charge in [-0.2, -0.15) is 0 Å². The number of rotatable bonds is 5. The minimum atomic E-state index is -0.145. The van der Waals surface area contributed by atoms with Crippen LogP contribution in [0.2, 0.25) is 0 Å². The number of carbonyl (C=O) groups is 1. The zero-order chi connectivity index (χ0) is 19.9. The number of benzene rings is 2. The van der Waals surface area contributed by atoms with Gasteiger partial charge in [0, 0.05) is 17.5 Å². The van der Waals surface area contributed by atoms with Gasteiger partial charge < -0.3 is 47.8 Å². The van der Waals surface area contributed by atoms with Crippen LogP contribution in [0.15, 0.2) is 30.3 Å². The molecule has 0 fully saturated rings. The third-order valence-corrected chi connectivity index (χ3v) is 5.97. The average molecular weight is 511 g/mol. The van der Waals surface area contributed by atoms with Crippen molar-refractivity contribution < 1.29 is 52.6 Å². The maximum atomic E-state index is 13.2. The van der Waals surface area contributed by atoms with Crippen LogP contribution in [0.5, 0.6) is 17.2 Å². The third-order valence-electron chi connectivity index (χ3n) is 5.97. The molecule has 0 aliphatic carbocycles. The van der Waals surface area contributed by atoms with Crippen LogP contribution in [-0.2, 0) is 13.0 Å². The predicted octanol–water partition coefficient (Wildman–Crippen LogP) is -0.133. The number of ether oxygens (including phenoxy) is 3. The highest BCUT2D eigenvalue weighted by Crippen LogP contribution is 2.47. The summed E-state index contributed by atoms with van der Waals surface area (Å²) in [6, 6.07) is 9.24. The van der Waals surface area contributed by atoms with Crippen molar-refractivity contribution in [1.29, 1.82) is 0 Å². The Kier molecular flexibility index (Phi) is 6.40. The Hall–Kier alpha value is -1.84. The number of methoxy groups -OCH3 is 1. The van der Waals surface area contributed by atoms with Crippen LogP contribution in [0.1, 0.15) is 39.5 Å². The van der Waals surface area contributed by atoms with Crippen molar-refractivity contribution in [3.63, 3.8) is 0 Å². The van der Waals surface area contributed by atoms with Crippen molar-refractivity contribution in [2.45, 2.75) is 25.5 Å². The zero-order valence-corrected chi connectivity index (χ0v) is 19.1. The van der Waals surface area contributed by atoms with Gasteiger partial charge >= 0.3 is 0 Å². The van der Waals surface area contributed by atoms with E-state index in [1.165, 1.54) is 0 Å². The number of nitrogens with zero attached hydrogens (tertiary/aromatic N) is 1. The Morgan fingerprint density at radius 2 is 2.03 bits per heavy atom. The number of ketones is 1. The van der Waals surface area contributed by atoms with Gasteiger partial charge in [-0.3, -0.25) is 4.79 Å². The SMILES string of the molecule is COc1ccccc1C(=O)CC1c2c(cc3c(c2CO)OCO3)CC[N+]1(C)C.[I-]. The molecule has 0 radical (unpaired) electrons. The second kappa shape index (κ2) is 8.49. The summed E-state index contributed by atoms with van der Waals surface area (Å²) in [5, 5.41) is 10.1. The summed E-state index contributed by atoms with van der Waals surface area (Å²) in [4.78, 5) is 13.2. The number of para-hydroxylation sites is 1. The van der Waals surface area contributed by atoms with Gasteiger partial charge in [0.05, 0.1) is 46.3 Å². The summed E-state index contributed by atoms with van der Waals surface area (Å²) in [6.07, 6.45) is 1.19. The fraction of sp³-hybridized carbons (Fsp3) is 0.409. The molecule has 156 valence electrons. The Morgan fingerprint density at radius 1 is 1.28 bits per heavy atom. The van der Waals surface area contributed by atoms with Crippen molar-refractivity contribution in [2.75, 3.05) is 34.5 Å². The molecule has 2 aliphatic heterocycles. The Balaban J connectivity index is 0.00000240. The van der Waals surface area contributed by atoms with E-state index < -0.39 is 0 Å². The zero-order valence-electron chi connectivity index (χ0n) is 16.9. The molecule has 2 aromatic carbocycles. The second-order valence-corrected chi connectivity index (χ2v) is 7.92. The lowest BCUT2D eigenvalue weighted by Crippen LogP contribution is -3.00. The molecule has 0 aromatic heterocycles. The highest BCUT2D eigenvalue weighted by molar-refractivity contribution is 5.99. The Morgan fingerprint density at radius 3 is 2.76 bits per heavy atom. The molecule has 0 spiro atoms. The Labute approximate surface area is 188 Å². The van der Waals surface area contributed by atoms with Crippen molar-refractivity contribution in [1.82, 2.24) is 0 Å². The van der Waals surface area contributed by atoms with Gasteiger partial charge in [0.1, 0.15) is 11.8 Å². The quantitative estimate of drug-likeness (QED) is 0.345. The summed E-state index contributed by atoms with van der Waals surface area (Å²) in [6.45, 7) is 0.921. The first-order valence-electron chi connectivity index (χ1n) is 9.50. The molecule has 2 aliphatic rings. The molecule has 1 atom stereocenters. The monoisotopic (exact) mass is 511 g/mol. The molecule has 6 nitrogen and oxygen atoms in total. The molecule has 4 rings (SSSR count). The Bertz CT molecular complexity index is 928. The van der Waals surface area contributed by atoms with E-state index in [-0.39, 0.29) is 49.2 Å². The van der Waals surface area contributed by atoms with E-state index in [4.69, 9.17) is 14.2 Å². The van der Waals surface area contributed by atoms with E-state index in [0.717, 1.165) is 29.7 Å².